The van der Waals surface area contributed by atoms with Crippen LogP contribution in [0.4, 0.5) is 17.5 Å². The summed E-state index contributed by atoms with van der Waals surface area (Å²) in [7, 11) is 5.92. The fourth-order valence-corrected chi connectivity index (χ4v) is 5.24. The fourth-order valence-electron chi connectivity index (χ4n) is 4.07. The van der Waals surface area contributed by atoms with E-state index in [0.717, 1.165) is 45.3 Å². The van der Waals surface area contributed by atoms with Gasteiger partial charge in [0.2, 0.25) is 5.95 Å². The molecule has 1 aliphatic rings. The number of nitrogens with zero attached hydrogens (tertiary/aromatic N) is 7. The Kier molecular flexibility index (Phi) is 7.12. The van der Waals surface area contributed by atoms with Gasteiger partial charge in [-0.2, -0.15) is 0 Å². The topological polar surface area (TPSA) is 120 Å². The van der Waals surface area contributed by atoms with Gasteiger partial charge in [-0.05, 0) is 30.3 Å². The summed E-state index contributed by atoms with van der Waals surface area (Å²) in [6.45, 7) is 3.45. The van der Waals surface area contributed by atoms with Crippen LogP contribution in [0.25, 0.3) is 21.6 Å². The number of morpholine rings is 1. The zero-order chi connectivity index (χ0) is 25.9. The average Bonchev–Trinajstić information content (AvgIpc) is 3.35. The first-order valence-electron chi connectivity index (χ1n) is 11.8. The van der Waals surface area contributed by atoms with E-state index in [9.17, 15) is 4.79 Å². The molecule has 37 heavy (non-hydrogen) atoms. The zero-order valence-corrected chi connectivity index (χ0v) is 21.7. The van der Waals surface area contributed by atoms with Gasteiger partial charge < -0.3 is 19.4 Å². The van der Waals surface area contributed by atoms with Crippen molar-refractivity contribution in [2.45, 2.75) is 6.54 Å². The number of nitrogens with one attached hydrogen (secondary N) is 1. The third-order valence-corrected chi connectivity index (χ3v) is 7.20. The van der Waals surface area contributed by atoms with Crippen molar-refractivity contribution in [3.05, 3.63) is 53.2 Å². The number of ether oxygens (including phenoxy) is 1. The van der Waals surface area contributed by atoms with Gasteiger partial charge in [-0.1, -0.05) is 0 Å². The molecule has 4 aromatic rings. The highest BCUT2D eigenvalue weighted by Crippen LogP contribution is 2.35. The number of carbonyl (C=O) groups is 1. The highest BCUT2D eigenvalue weighted by Gasteiger charge is 2.21. The van der Waals surface area contributed by atoms with Crippen molar-refractivity contribution in [1.82, 2.24) is 25.4 Å². The smallest absolute Gasteiger partial charge is 0.277 e. The summed E-state index contributed by atoms with van der Waals surface area (Å²) in [5.74, 6) is 1.43. The number of thiophene rings is 1. The number of hydroxylamine groups is 1. The zero-order valence-electron chi connectivity index (χ0n) is 20.9. The number of amides is 1. The van der Waals surface area contributed by atoms with Crippen molar-refractivity contribution < 1.29 is 14.7 Å². The highest BCUT2D eigenvalue weighted by atomic mass is 32.1. The summed E-state index contributed by atoms with van der Waals surface area (Å²) in [6.07, 6.45) is 2.76. The third kappa shape index (κ3) is 5.31. The van der Waals surface area contributed by atoms with Crippen LogP contribution < -0.4 is 20.2 Å². The molecule has 192 valence electrons. The van der Waals surface area contributed by atoms with Gasteiger partial charge >= 0.3 is 0 Å². The standard InChI is InChI=1S/C25H28N8O3S/c1-31(2)18-6-4-16(5-7-18)22-28-20-12-19(37-21(20)23(29-22)33-8-10-36-11-9-33)15-32(3)25-26-13-17(14-27-25)24(34)30-35/h4-7,12-14,35H,8-11,15H2,1-3H3,(H,30,34). The summed E-state index contributed by atoms with van der Waals surface area (Å²) in [5.41, 5.74) is 4.74. The second kappa shape index (κ2) is 10.6. The Morgan fingerprint density at radius 3 is 2.46 bits per heavy atom. The maximum absolute atomic E-state index is 11.5. The highest BCUT2D eigenvalue weighted by molar-refractivity contribution is 7.19. The van der Waals surface area contributed by atoms with Crippen LogP contribution >= 0.6 is 11.3 Å². The predicted molar refractivity (Wildman–Crippen MR) is 144 cm³/mol. The maximum atomic E-state index is 11.5. The number of hydrogen-bond acceptors (Lipinski definition) is 11. The molecule has 1 aromatic carbocycles. The quantitative estimate of drug-likeness (QED) is 0.278. The molecule has 12 heteroatoms. The summed E-state index contributed by atoms with van der Waals surface area (Å²) >= 11 is 1.65. The summed E-state index contributed by atoms with van der Waals surface area (Å²) in [6, 6.07) is 10.3. The second-order valence-electron chi connectivity index (χ2n) is 8.91. The van der Waals surface area contributed by atoms with Crippen LogP contribution in [0.1, 0.15) is 15.2 Å². The van der Waals surface area contributed by atoms with Crippen molar-refractivity contribution in [2.24, 2.45) is 0 Å². The van der Waals surface area contributed by atoms with Crippen molar-refractivity contribution in [1.29, 1.82) is 0 Å². The van der Waals surface area contributed by atoms with Gasteiger partial charge in [0.25, 0.3) is 5.91 Å². The van der Waals surface area contributed by atoms with E-state index in [-0.39, 0.29) is 5.56 Å². The first-order chi connectivity index (χ1) is 17.9. The number of aromatic nitrogens is 4. The van der Waals surface area contributed by atoms with Crippen molar-refractivity contribution in [3.63, 3.8) is 0 Å². The lowest BCUT2D eigenvalue weighted by molar-refractivity contribution is 0.0705. The molecule has 1 aliphatic heterocycles. The molecule has 5 rings (SSSR count). The molecule has 2 N–H and O–H groups in total. The van der Waals surface area contributed by atoms with Crippen LogP contribution in [-0.2, 0) is 11.3 Å². The Balaban J connectivity index is 1.47. The molecule has 1 amide bonds. The van der Waals surface area contributed by atoms with Crippen molar-refractivity contribution in [2.75, 3.05) is 62.1 Å². The van der Waals surface area contributed by atoms with E-state index in [2.05, 4.69) is 50.1 Å². The Morgan fingerprint density at radius 2 is 1.81 bits per heavy atom. The average molecular weight is 521 g/mol. The van der Waals surface area contributed by atoms with Crippen molar-refractivity contribution >= 4 is 44.9 Å². The van der Waals surface area contributed by atoms with Crippen LogP contribution in [0.2, 0.25) is 0 Å². The van der Waals surface area contributed by atoms with Crippen LogP contribution in [-0.4, -0.2) is 78.5 Å². The van der Waals surface area contributed by atoms with Crippen LogP contribution in [0.3, 0.4) is 0 Å². The Bertz CT molecular complexity index is 1390. The number of rotatable bonds is 7. The summed E-state index contributed by atoms with van der Waals surface area (Å²) in [4.78, 5) is 37.3. The first-order valence-corrected chi connectivity index (χ1v) is 12.6. The minimum Gasteiger partial charge on any atom is -0.378 e. The summed E-state index contributed by atoms with van der Waals surface area (Å²) in [5, 5.41) is 8.79. The van der Waals surface area contributed by atoms with Gasteiger partial charge in [-0.25, -0.2) is 25.4 Å². The molecule has 0 atom stereocenters. The van der Waals surface area contributed by atoms with Crippen molar-refractivity contribution in [3.8, 4) is 11.4 Å². The SMILES string of the molecule is CN(C)c1ccc(-c2nc(N3CCOCC3)c3sc(CN(C)c4ncc(C(=O)NO)cn4)cc3n2)cc1. The lowest BCUT2D eigenvalue weighted by atomic mass is 10.2. The minimum absolute atomic E-state index is 0.179. The third-order valence-electron chi connectivity index (χ3n) is 6.09. The predicted octanol–water partition coefficient (Wildman–Crippen LogP) is 2.81. The van der Waals surface area contributed by atoms with Gasteiger partial charge in [0.15, 0.2) is 11.6 Å². The van der Waals surface area contributed by atoms with E-state index < -0.39 is 5.91 Å². The number of benzene rings is 1. The van der Waals surface area contributed by atoms with Gasteiger partial charge in [-0.3, -0.25) is 10.0 Å². The maximum Gasteiger partial charge on any atom is 0.277 e. The molecule has 1 fully saturated rings. The van der Waals surface area contributed by atoms with Gasteiger partial charge in [0.1, 0.15) is 0 Å². The molecule has 0 radical (unpaired) electrons. The molecule has 4 heterocycles. The Labute approximate surface area is 218 Å². The van der Waals surface area contributed by atoms with Crippen LogP contribution in [0, 0.1) is 0 Å². The normalized spacial score (nSPS) is 13.6. The molecule has 0 aliphatic carbocycles. The number of carbonyl (C=O) groups excluding carboxylic acids is 1. The Hall–Kier alpha value is -3.87. The minimum atomic E-state index is -0.653. The van der Waals surface area contributed by atoms with E-state index in [4.69, 9.17) is 19.9 Å². The number of hydrogen-bond donors (Lipinski definition) is 2. The van der Waals surface area contributed by atoms with Crippen LogP contribution in [0.15, 0.2) is 42.7 Å². The molecule has 0 saturated carbocycles. The molecular weight excluding hydrogens is 492 g/mol. The lowest BCUT2D eigenvalue weighted by Crippen LogP contribution is -2.36. The largest absolute Gasteiger partial charge is 0.378 e. The van der Waals surface area contributed by atoms with Gasteiger partial charge in [-0.15, -0.1) is 11.3 Å². The monoisotopic (exact) mass is 520 g/mol. The second-order valence-corrected chi connectivity index (χ2v) is 10.0. The molecule has 1 saturated heterocycles. The summed E-state index contributed by atoms with van der Waals surface area (Å²) < 4.78 is 6.61. The van der Waals surface area contributed by atoms with Gasteiger partial charge in [0, 0.05) is 62.8 Å². The van der Waals surface area contributed by atoms with E-state index in [1.54, 1.807) is 16.8 Å². The molecule has 0 spiro atoms. The van der Waals surface area contributed by atoms with Gasteiger partial charge in [0.05, 0.1) is 35.5 Å². The van der Waals surface area contributed by atoms with E-state index in [1.165, 1.54) is 12.4 Å². The molecule has 11 nitrogen and oxygen atoms in total. The molecule has 3 aromatic heterocycles. The van der Waals surface area contributed by atoms with E-state index in [0.29, 0.717) is 31.5 Å². The van der Waals surface area contributed by atoms with E-state index >= 15 is 0 Å². The van der Waals surface area contributed by atoms with Crippen LogP contribution in [0.5, 0.6) is 0 Å². The van der Waals surface area contributed by atoms with E-state index in [1.807, 2.05) is 26.0 Å². The fraction of sp³-hybridized carbons (Fsp3) is 0.320. The number of anilines is 3. The molecular formula is C25H28N8O3S. The molecule has 0 bridgehead atoms. The molecule has 0 unspecified atom stereocenters. The Morgan fingerprint density at radius 1 is 1.11 bits per heavy atom. The number of fused-ring (bicyclic) bond motifs is 1. The lowest BCUT2D eigenvalue weighted by Gasteiger charge is -2.28. The first kappa shape index (κ1) is 24.8.